The summed E-state index contributed by atoms with van der Waals surface area (Å²) in [5.74, 6) is 0. The van der Waals surface area contributed by atoms with E-state index in [-0.39, 0.29) is 33.6 Å². The van der Waals surface area contributed by atoms with Gasteiger partial charge in [0.1, 0.15) is 23.5 Å². The van der Waals surface area contributed by atoms with Gasteiger partial charge in [-0.1, -0.05) is 27.7 Å². The van der Waals surface area contributed by atoms with E-state index in [1.54, 1.807) is 24.3 Å². The van der Waals surface area contributed by atoms with E-state index in [1.807, 2.05) is 33.9 Å². The molecule has 2 rings (SSSR count). The second-order valence-electron chi connectivity index (χ2n) is 9.26. The van der Waals surface area contributed by atoms with Crippen LogP contribution in [0.2, 0.25) is 0 Å². The van der Waals surface area contributed by atoms with Gasteiger partial charge in [-0.25, -0.2) is 8.42 Å². The van der Waals surface area contributed by atoms with Crippen LogP contribution in [0.3, 0.4) is 0 Å². The van der Waals surface area contributed by atoms with Crippen LogP contribution in [0.25, 0.3) is 0 Å². The number of nitrogens with zero attached hydrogens (tertiary/aromatic N) is 5. The van der Waals surface area contributed by atoms with E-state index in [0.717, 1.165) is 43.6 Å². The maximum Gasteiger partial charge on any atom is 0.229 e. The number of azo groups is 1. The number of benzene rings is 2. The summed E-state index contributed by atoms with van der Waals surface area (Å²) in [5, 5.41) is 31.0. The van der Waals surface area contributed by atoms with Crippen LogP contribution in [0.5, 0.6) is 0 Å². The molecule has 0 fully saturated rings. The second-order valence-corrected chi connectivity index (χ2v) is 11.0. The molecule has 0 aliphatic carbocycles. The fourth-order valence-corrected chi connectivity index (χ4v) is 3.99. The Labute approximate surface area is 208 Å². The molecule has 0 aromatic heterocycles. The molecule has 10 heteroatoms. The van der Waals surface area contributed by atoms with Crippen LogP contribution >= 0.6 is 0 Å². The predicted octanol–water partition coefficient (Wildman–Crippen LogP) is 4.95. The minimum atomic E-state index is -3.59. The van der Waals surface area contributed by atoms with Crippen molar-refractivity contribution in [1.82, 2.24) is 5.32 Å². The number of likely N-dealkylation sites (N-methyl/N-ethyl adjacent to an activating group) is 1. The molecule has 0 bridgehead atoms. The molecular formula is C25H33N7O2S. The highest BCUT2D eigenvalue weighted by Crippen LogP contribution is 2.35. The van der Waals surface area contributed by atoms with Crippen molar-refractivity contribution in [2.75, 3.05) is 42.6 Å². The summed E-state index contributed by atoms with van der Waals surface area (Å²) in [6.07, 6.45) is 2.00. The Kier molecular flexibility index (Phi) is 9.35. The second kappa shape index (κ2) is 11.8. The number of anilines is 2. The van der Waals surface area contributed by atoms with Gasteiger partial charge in [-0.3, -0.25) is 4.72 Å². The van der Waals surface area contributed by atoms with E-state index >= 15 is 0 Å². The zero-order chi connectivity index (χ0) is 26.2. The van der Waals surface area contributed by atoms with Crippen molar-refractivity contribution < 1.29 is 8.42 Å². The van der Waals surface area contributed by atoms with Crippen molar-refractivity contribution in [3.05, 3.63) is 47.0 Å². The van der Waals surface area contributed by atoms with Crippen LogP contribution in [0.15, 0.2) is 40.6 Å². The number of hydrogen-bond acceptors (Lipinski definition) is 8. The number of hydrogen-bond donors (Lipinski definition) is 2. The van der Waals surface area contributed by atoms with Crippen LogP contribution in [0.4, 0.5) is 22.7 Å². The molecule has 9 nitrogen and oxygen atoms in total. The summed E-state index contributed by atoms with van der Waals surface area (Å²) in [6, 6.07) is 12.9. The molecule has 2 aromatic rings. The number of rotatable bonds is 10. The van der Waals surface area contributed by atoms with Crippen molar-refractivity contribution in [2.24, 2.45) is 10.2 Å². The first-order chi connectivity index (χ1) is 16.4. The molecular weight excluding hydrogens is 462 g/mol. The monoisotopic (exact) mass is 495 g/mol. The molecule has 0 unspecified atom stereocenters. The highest BCUT2D eigenvalue weighted by molar-refractivity contribution is 7.92. The Balaban J connectivity index is 2.59. The van der Waals surface area contributed by atoms with Crippen LogP contribution < -0.4 is 14.9 Å². The SMILES string of the molecule is CCCN(CCNC)c1ccc(N=Nc2c(C#N)cc(C(C)(C)C)cc2C#N)c(NS(C)(=O)=O)c1. The van der Waals surface area contributed by atoms with Crippen molar-refractivity contribution in [1.29, 1.82) is 10.5 Å². The summed E-state index contributed by atoms with van der Waals surface area (Å²) in [5.41, 5.74) is 2.58. The molecule has 186 valence electrons. The van der Waals surface area contributed by atoms with Gasteiger partial charge in [0.25, 0.3) is 0 Å². The van der Waals surface area contributed by atoms with E-state index < -0.39 is 10.0 Å². The largest absolute Gasteiger partial charge is 0.370 e. The average Bonchev–Trinajstić information content (AvgIpc) is 2.78. The highest BCUT2D eigenvalue weighted by Gasteiger charge is 2.19. The van der Waals surface area contributed by atoms with E-state index in [1.165, 1.54) is 0 Å². The lowest BCUT2D eigenvalue weighted by atomic mass is 9.84. The Bertz CT molecular complexity index is 1230. The Morgan fingerprint density at radius 2 is 1.66 bits per heavy atom. The molecule has 0 amide bonds. The maximum atomic E-state index is 12.0. The molecule has 0 aliphatic rings. The molecule has 0 saturated heterocycles. The number of nitriles is 2. The predicted molar refractivity (Wildman–Crippen MR) is 140 cm³/mol. The summed E-state index contributed by atoms with van der Waals surface area (Å²) < 4.78 is 26.6. The first-order valence-electron chi connectivity index (χ1n) is 11.3. The van der Waals surface area contributed by atoms with Crippen LogP contribution in [0.1, 0.15) is 50.8 Å². The zero-order valence-corrected chi connectivity index (χ0v) is 22.0. The van der Waals surface area contributed by atoms with Crippen LogP contribution in [-0.4, -0.2) is 41.4 Å². The van der Waals surface area contributed by atoms with Gasteiger partial charge < -0.3 is 10.2 Å². The van der Waals surface area contributed by atoms with E-state index in [4.69, 9.17) is 0 Å². The number of sulfonamides is 1. The molecule has 0 saturated carbocycles. The Hall–Kier alpha value is -3.47. The zero-order valence-electron chi connectivity index (χ0n) is 21.2. The lowest BCUT2D eigenvalue weighted by Gasteiger charge is -2.25. The van der Waals surface area contributed by atoms with E-state index in [0.29, 0.717) is 0 Å². The molecule has 0 atom stereocenters. The minimum Gasteiger partial charge on any atom is -0.370 e. The fraction of sp³-hybridized carbons (Fsp3) is 0.440. The third-order valence-electron chi connectivity index (χ3n) is 5.24. The van der Waals surface area contributed by atoms with E-state index in [2.05, 4.69) is 44.2 Å². The topological polar surface area (TPSA) is 134 Å². The summed E-state index contributed by atoms with van der Waals surface area (Å²) >= 11 is 0. The summed E-state index contributed by atoms with van der Waals surface area (Å²) in [7, 11) is -1.71. The molecule has 35 heavy (non-hydrogen) atoms. The van der Waals surface area contributed by atoms with Crippen molar-refractivity contribution >= 4 is 32.8 Å². The molecule has 2 N–H and O–H groups in total. The van der Waals surface area contributed by atoms with Gasteiger partial charge in [0.15, 0.2) is 0 Å². The van der Waals surface area contributed by atoms with Crippen molar-refractivity contribution in [3.63, 3.8) is 0 Å². The van der Waals surface area contributed by atoms with Gasteiger partial charge in [0.05, 0.1) is 23.1 Å². The minimum absolute atomic E-state index is 0.152. The normalized spacial score (nSPS) is 11.8. The van der Waals surface area contributed by atoms with Gasteiger partial charge in [0.2, 0.25) is 10.0 Å². The van der Waals surface area contributed by atoms with Crippen molar-refractivity contribution in [2.45, 2.75) is 39.5 Å². The van der Waals surface area contributed by atoms with Gasteiger partial charge in [-0.2, -0.15) is 10.5 Å². The molecule has 0 radical (unpaired) electrons. The first kappa shape index (κ1) is 27.8. The van der Waals surface area contributed by atoms with Gasteiger partial charge in [-0.05, 0) is 54.8 Å². The maximum absolute atomic E-state index is 12.0. The standard InChI is InChI=1S/C25H33N7O2S/c1-7-11-32(12-10-28-5)21-8-9-22(23(15-21)31-35(6,33)34)29-30-24-18(16-26)13-20(25(2,3)4)14-19(24)17-27/h8-9,13-15,28,31H,7,10-12H2,1-6H3. The Morgan fingerprint density at radius 1 is 1.03 bits per heavy atom. The third-order valence-corrected chi connectivity index (χ3v) is 5.83. The number of nitrogens with one attached hydrogen (secondary N) is 2. The first-order valence-corrected chi connectivity index (χ1v) is 13.2. The molecule has 0 spiro atoms. The third kappa shape index (κ3) is 7.78. The average molecular weight is 496 g/mol. The molecule has 2 aromatic carbocycles. The van der Waals surface area contributed by atoms with Gasteiger partial charge in [0, 0.05) is 25.3 Å². The van der Waals surface area contributed by atoms with Crippen LogP contribution in [-0.2, 0) is 15.4 Å². The van der Waals surface area contributed by atoms with Gasteiger partial charge >= 0.3 is 0 Å². The Morgan fingerprint density at radius 3 is 2.14 bits per heavy atom. The quantitative estimate of drug-likeness (QED) is 0.448. The van der Waals surface area contributed by atoms with Gasteiger partial charge in [-0.15, -0.1) is 10.2 Å². The lowest BCUT2D eigenvalue weighted by Crippen LogP contribution is -2.31. The van der Waals surface area contributed by atoms with E-state index in [9.17, 15) is 18.9 Å². The molecule has 0 aliphatic heterocycles. The van der Waals surface area contributed by atoms with Crippen LogP contribution in [0, 0.1) is 22.7 Å². The smallest absolute Gasteiger partial charge is 0.229 e. The summed E-state index contributed by atoms with van der Waals surface area (Å²) in [4.78, 5) is 2.15. The lowest BCUT2D eigenvalue weighted by molar-refractivity contribution is 0.590. The van der Waals surface area contributed by atoms with Crippen molar-refractivity contribution in [3.8, 4) is 12.1 Å². The fourth-order valence-electron chi connectivity index (χ4n) is 3.43. The summed E-state index contributed by atoms with van der Waals surface area (Å²) in [6.45, 7) is 10.4. The highest BCUT2D eigenvalue weighted by atomic mass is 32.2. The molecule has 0 heterocycles.